The van der Waals surface area contributed by atoms with Gasteiger partial charge in [0.15, 0.2) is 24.4 Å². The van der Waals surface area contributed by atoms with Gasteiger partial charge in [-0.25, -0.2) is 8.42 Å². The van der Waals surface area contributed by atoms with Crippen LogP contribution in [-0.2, 0) is 10.1 Å². The predicted molar refractivity (Wildman–Crippen MR) is 106 cm³/mol. The Bertz CT molecular complexity index is 1170. The third-order valence-corrected chi connectivity index (χ3v) is 6.95. The minimum atomic E-state index is -6.09. The van der Waals surface area contributed by atoms with Crippen LogP contribution < -0.4 is 0 Å². The predicted octanol–water partition coefficient (Wildman–Crippen LogP) is 6.09. The van der Waals surface area contributed by atoms with Crippen molar-refractivity contribution in [2.24, 2.45) is 0 Å². The summed E-state index contributed by atoms with van der Waals surface area (Å²) >= 11 is 0. The first-order valence-corrected chi connectivity index (χ1v) is 10.7. The molecule has 3 nitrogen and oxygen atoms in total. The Kier molecular flexibility index (Phi) is 5.47. The van der Waals surface area contributed by atoms with E-state index in [1.807, 2.05) is 0 Å². The summed E-state index contributed by atoms with van der Waals surface area (Å²) in [5.41, 5.74) is -4.33. The Morgan fingerprint density at radius 3 is 1.57 bits per heavy atom. The average molecular weight is 424 g/mol. The van der Waals surface area contributed by atoms with E-state index in [0.717, 1.165) is 0 Å². The van der Waals surface area contributed by atoms with Gasteiger partial charge < -0.3 is 4.55 Å². The first kappa shape index (κ1) is 20.3. The summed E-state index contributed by atoms with van der Waals surface area (Å²) in [6, 6.07) is 26.6. The molecular formula is C20H15F3O3S2. The summed E-state index contributed by atoms with van der Waals surface area (Å²) in [6.07, 6.45) is 0. The number of thiophene rings is 1. The highest BCUT2D eigenvalue weighted by atomic mass is 32.2. The lowest BCUT2D eigenvalue weighted by atomic mass is 10.2. The molecule has 0 aliphatic heterocycles. The van der Waals surface area contributed by atoms with Gasteiger partial charge in [-0.3, -0.25) is 0 Å². The normalized spacial score (nSPS) is 12.0. The zero-order valence-corrected chi connectivity index (χ0v) is 16.2. The summed E-state index contributed by atoms with van der Waals surface area (Å²) < 4.78 is 61.8. The molecular weight excluding hydrogens is 409 g/mol. The van der Waals surface area contributed by atoms with Crippen LogP contribution in [-0.4, -0.2) is 18.5 Å². The maximum absolute atomic E-state index is 10.7. The average Bonchev–Trinajstić information content (AvgIpc) is 2.96. The van der Waals surface area contributed by atoms with E-state index in [0.29, 0.717) is 0 Å². The molecule has 0 atom stereocenters. The van der Waals surface area contributed by atoms with Crippen molar-refractivity contribution in [2.45, 2.75) is 12.4 Å². The Hall–Kier alpha value is -2.42. The van der Waals surface area contributed by atoms with E-state index < -0.39 is 15.6 Å². The molecule has 0 bridgehead atoms. The number of alkyl halides is 3. The van der Waals surface area contributed by atoms with Gasteiger partial charge in [0.25, 0.3) is 0 Å². The highest BCUT2D eigenvalue weighted by molar-refractivity contribution is 7.86. The second-order valence-electron chi connectivity index (χ2n) is 6.01. The molecule has 0 unspecified atom stereocenters. The quantitative estimate of drug-likeness (QED) is 0.211. The van der Waals surface area contributed by atoms with Gasteiger partial charge in [-0.1, -0.05) is 42.0 Å². The third-order valence-electron chi connectivity index (χ3n) is 4.04. The monoisotopic (exact) mass is 424 g/mol. The molecule has 0 saturated heterocycles. The number of halogens is 3. The summed E-state index contributed by atoms with van der Waals surface area (Å²) in [7, 11) is -6.04. The molecule has 0 spiro atoms. The van der Waals surface area contributed by atoms with Gasteiger partial charge in [-0.2, -0.15) is 13.2 Å². The number of hydrogen-bond donors (Lipinski definition) is 0. The van der Waals surface area contributed by atoms with Crippen molar-refractivity contribution in [1.29, 1.82) is 0 Å². The summed E-state index contributed by atoms with van der Waals surface area (Å²) in [5, 5.41) is 2.79. The Morgan fingerprint density at radius 1 is 0.786 bits per heavy atom. The number of hydrogen-bond acceptors (Lipinski definition) is 3. The maximum atomic E-state index is 10.7. The van der Waals surface area contributed by atoms with E-state index in [-0.39, 0.29) is 10.5 Å². The number of aryl methyl sites for hydroxylation is 1. The molecule has 0 aliphatic carbocycles. The molecule has 146 valence electrons. The highest BCUT2D eigenvalue weighted by Gasteiger charge is 2.36. The Morgan fingerprint density at radius 2 is 1.18 bits per heavy atom. The zero-order chi connectivity index (χ0) is 20.5. The summed E-state index contributed by atoms with van der Waals surface area (Å²) in [6.45, 7) is 2.14. The van der Waals surface area contributed by atoms with Gasteiger partial charge in [0.1, 0.15) is 0 Å². The third kappa shape index (κ3) is 4.04. The fourth-order valence-corrected chi connectivity index (χ4v) is 5.16. The van der Waals surface area contributed by atoms with Gasteiger partial charge in [0.2, 0.25) is 0 Å². The lowest BCUT2D eigenvalue weighted by Gasteiger charge is -2.08. The van der Waals surface area contributed by atoms with Crippen molar-refractivity contribution in [3.05, 3.63) is 78.4 Å². The molecule has 1 aromatic heterocycles. The standard InChI is InChI=1S/C19H15S.CHF3O3S/c1-14-10-12-15(13-11-14)20-18-8-4-2-6-16(18)17-7-3-5-9-19(17)20;2-1(3,4)8(5,6)7/h2-13H,1H3;(H,5,6,7)/q+1;/p-1. The van der Waals surface area contributed by atoms with Gasteiger partial charge in [0.05, 0.1) is 0 Å². The second-order valence-corrected chi connectivity index (χ2v) is 9.35. The summed E-state index contributed by atoms with van der Waals surface area (Å²) in [5.74, 6) is 0. The largest absolute Gasteiger partial charge is 0.741 e. The van der Waals surface area contributed by atoms with Crippen LogP contribution in [0.4, 0.5) is 13.2 Å². The van der Waals surface area contributed by atoms with Crippen molar-refractivity contribution in [2.75, 3.05) is 0 Å². The van der Waals surface area contributed by atoms with Crippen LogP contribution in [0.2, 0.25) is 0 Å². The van der Waals surface area contributed by atoms with Crippen LogP contribution >= 0.6 is 10.5 Å². The van der Waals surface area contributed by atoms with E-state index in [4.69, 9.17) is 13.0 Å². The van der Waals surface area contributed by atoms with Crippen molar-refractivity contribution >= 4 is 40.8 Å². The number of fused-ring (bicyclic) bond motifs is 3. The van der Waals surface area contributed by atoms with E-state index in [1.165, 1.54) is 30.6 Å². The molecule has 0 radical (unpaired) electrons. The van der Waals surface area contributed by atoms with Crippen LogP contribution in [0, 0.1) is 6.92 Å². The van der Waals surface area contributed by atoms with Crippen LogP contribution in [0.25, 0.3) is 25.1 Å². The van der Waals surface area contributed by atoms with Crippen LogP contribution in [0.5, 0.6) is 0 Å². The highest BCUT2D eigenvalue weighted by Crippen LogP contribution is 2.47. The van der Waals surface area contributed by atoms with E-state index in [2.05, 4.69) is 79.7 Å². The van der Waals surface area contributed by atoms with Gasteiger partial charge >= 0.3 is 5.51 Å². The molecule has 0 N–H and O–H groups in total. The Balaban J connectivity index is 0.000000242. The molecule has 8 heteroatoms. The van der Waals surface area contributed by atoms with Crippen molar-refractivity contribution in [3.63, 3.8) is 0 Å². The SMILES string of the molecule is Cc1ccc(-[s+]2c3ccccc3c3ccccc32)cc1.O=S(=O)([O-])C(F)(F)F. The lowest BCUT2D eigenvalue weighted by Crippen LogP contribution is -2.21. The molecule has 0 amide bonds. The first-order valence-electron chi connectivity index (χ1n) is 8.11. The second kappa shape index (κ2) is 7.54. The molecule has 0 fully saturated rings. The van der Waals surface area contributed by atoms with E-state index >= 15 is 0 Å². The minimum Gasteiger partial charge on any atom is -0.741 e. The maximum Gasteiger partial charge on any atom is 0.485 e. The van der Waals surface area contributed by atoms with Gasteiger partial charge in [-0.05, 0) is 43.3 Å². The minimum absolute atomic E-state index is 0.0512. The zero-order valence-electron chi connectivity index (χ0n) is 14.6. The van der Waals surface area contributed by atoms with Crippen LogP contribution in [0.1, 0.15) is 5.56 Å². The fourth-order valence-electron chi connectivity index (χ4n) is 2.78. The van der Waals surface area contributed by atoms with Crippen molar-refractivity contribution < 1.29 is 26.1 Å². The molecule has 0 aliphatic rings. The first-order chi connectivity index (χ1) is 13.1. The van der Waals surface area contributed by atoms with Crippen molar-refractivity contribution in [1.82, 2.24) is 0 Å². The fraction of sp³-hybridized carbons (Fsp3) is 0.100. The van der Waals surface area contributed by atoms with E-state index in [1.54, 1.807) is 0 Å². The molecule has 3 aromatic carbocycles. The molecule has 28 heavy (non-hydrogen) atoms. The van der Waals surface area contributed by atoms with Gasteiger partial charge in [0, 0.05) is 21.2 Å². The van der Waals surface area contributed by atoms with Crippen molar-refractivity contribution in [3.8, 4) is 4.90 Å². The van der Waals surface area contributed by atoms with Crippen LogP contribution in [0.15, 0.2) is 72.8 Å². The summed E-state index contributed by atoms with van der Waals surface area (Å²) in [4.78, 5) is 1.41. The van der Waals surface area contributed by atoms with Gasteiger partial charge in [-0.15, -0.1) is 0 Å². The smallest absolute Gasteiger partial charge is 0.485 e. The molecule has 0 saturated carbocycles. The molecule has 4 rings (SSSR count). The molecule has 4 aromatic rings. The molecule has 1 heterocycles. The number of rotatable bonds is 1. The number of benzene rings is 3. The topological polar surface area (TPSA) is 57.2 Å². The van der Waals surface area contributed by atoms with Crippen LogP contribution in [0.3, 0.4) is 0 Å². The van der Waals surface area contributed by atoms with E-state index in [9.17, 15) is 13.2 Å². The lowest BCUT2D eigenvalue weighted by molar-refractivity contribution is -0.0517. The Labute approximate surface area is 162 Å².